The molecule has 128 valence electrons. The smallest absolute Gasteiger partial charge is 0.254 e. The van der Waals surface area contributed by atoms with Crippen LogP contribution in [0.1, 0.15) is 45.9 Å². The first-order valence-electron chi connectivity index (χ1n) is 8.23. The van der Waals surface area contributed by atoms with E-state index >= 15 is 0 Å². The molecule has 0 radical (unpaired) electrons. The van der Waals surface area contributed by atoms with Crippen LogP contribution in [0.25, 0.3) is 0 Å². The topological polar surface area (TPSA) is 58.2 Å². The number of hydrogen-bond donors (Lipinski definition) is 2. The van der Waals surface area contributed by atoms with Crippen LogP contribution in [-0.4, -0.2) is 11.8 Å². The predicted molar refractivity (Wildman–Crippen MR) is 88.3 cm³/mol. The Labute approximate surface area is 143 Å². The van der Waals surface area contributed by atoms with Gasteiger partial charge in [0.05, 0.1) is 11.6 Å². The molecular weight excluding hydrogens is 326 g/mol. The molecule has 0 fully saturated rings. The molecule has 4 nitrogen and oxygen atoms in total. The lowest BCUT2D eigenvalue weighted by Crippen LogP contribution is -2.28. The summed E-state index contributed by atoms with van der Waals surface area (Å²) < 4.78 is 28.1. The highest BCUT2D eigenvalue weighted by Crippen LogP contribution is 2.33. The van der Waals surface area contributed by atoms with Crippen molar-refractivity contribution in [3.05, 3.63) is 64.2 Å². The highest BCUT2D eigenvalue weighted by molar-refractivity contribution is 5.98. The number of hydrogen-bond acceptors (Lipinski definition) is 2. The van der Waals surface area contributed by atoms with E-state index in [0.717, 1.165) is 11.1 Å². The number of carbonyl (C=O) groups is 2. The molecule has 6 heteroatoms. The van der Waals surface area contributed by atoms with Gasteiger partial charge in [-0.2, -0.15) is 0 Å². The van der Waals surface area contributed by atoms with E-state index in [1.165, 1.54) is 18.2 Å². The summed E-state index contributed by atoms with van der Waals surface area (Å²) in [7, 11) is 0. The number of fused-ring (bicyclic) bond motifs is 2. The van der Waals surface area contributed by atoms with Gasteiger partial charge in [-0.25, -0.2) is 8.78 Å². The number of benzene rings is 2. The lowest BCUT2D eigenvalue weighted by Gasteiger charge is -2.19. The summed E-state index contributed by atoms with van der Waals surface area (Å²) in [4.78, 5) is 23.9. The van der Waals surface area contributed by atoms with Crippen LogP contribution >= 0.6 is 0 Å². The van der Waals surface area contributed by atoms with Gasteiger partial charge in [0.1, 0.15) is 11.6 Å². The van der Waals surface area contributed by atoms with E-state index in [2.05, 4.69) is 10.6 Å². The van der Waals surface area contributed by atoms with Crippen molar-refractivity contribution in [2.45, 2.75) is 31.7 Å². The maximum absolute atomic E-state index is 14.3. The van der Waals surface area contributed by atoms with Gasteiger partial charge < -0.3 is 10.6 Å². The molecule has 1 heterocycles. The fraction of sp³-hybridized carbons (Fsp3) is 0.263. The first-order chi connectivity index (χ1) is 12.0. The van der Waals surface area contributed by atoms with Crippen molar-refractivity contribution < 1.29 is 18.4 Å². The third kappa shape index (κ3) is 2.77. The van der Waals surface area contributed by atoms with Gasteiger partial charge in [-0.05, 0) is 54.2 Å². The van der Waals surface area contributed by atoms with Crippen LogP contribution in [-0.2, 0) is 17.6 Å². The molecular formula is C19H16F2N2O2. The Morgan fingerprint density at radius 3 is 2.80 bits per heavy atom. The maximum atomic E-state index is 14.3. The minimum absolute atomic E-state index is 0.0558. The third-order valence-electron chi connectivity index (χ3n) is 4.85. The van der Waals surface area contributed by atoms with Gasteiger partial charge in [0.25, 0.3) is 5.91 Å². The van der Waals surface area contributed by atoms with E-state index < -0.39 is 11.7 Å². The first-order valence-corrected chi connectivity index (χ1v) is 8.23. The van der Waals surface area contributed by atoms with Crippen LogP contribution in [0.4, 0.5) is 14.5 Å². The average Bonchev–Trinajstić information content (AvgIpc) is 2.98. The molecule has 0 saturated carbocycles. The Bertz CT molecular complexity index is 895. The van der Waals surface area contributed by atoms with Gasteiger partial charge in [0.15, 0.2) is 0 Å². The van der Waals surface area contributed by atoms with Gasteiger partial charge in [0, 0.05) is 12.1 Å². The fourth-order valence-corrected chi connectivity index (χ4v) is 3.57. The van der Waals surface area contributed by atoms with E-state index in [1.54, 1.807) is 12.1 Å². The van der Waals surface area contributed by atoms with E-state index in [1.807, 2.05) is 0 Å². The van der Waals surface area contributed by atoms with Crippen molar-refractivity contribution in [3.63, 3.8) is 0 Å². The summed E-state index contributed by atoms with van der Waals surface area (Å²) in [6.07, 6.45) is 1.92. The van der Waals surface area contributed by atoms with Crippen molar-refractivity contribution in [2.75, 3.05) is 5.32 Å². The van der Waals surface area contributed by atoms with E-state index in [4.69, 9.17) is 0 Å². The number of rotatable bonds is 2. The maximum Gasteiger partial charge on any atom is 0.254 e. The molecule has 2 amide bonds. The van der Waals surface area contributed by atoms with Gasteiger partial charge in [-0.15, -0.1) is 0 Å². The second-order valence-corrected chi connectivity index (χ2v) is 6.41. The SMILES string of the molecule is O=C1CCc2cc(C(=O)N[C@@H]3CCc4c(F)cccc43)c(F)cc2N1. The number of anilines is 1. The summed E-state index contributed by atoms with van der Waals surface area (Å²) in [6, 6.07) is 7.15. The second-order valence-electron chi connectivity index (χ2n) is 6.41. The Morgan fingerprint density at radius 2 is 1.96 bits per heavy atom. The predicted octanol–water partition coefficient (Wildman–Crippen LogP) is 3.27. The molecule has 0 bridgehead atoms. The minimum Gasteiger partial charge on any atom is -0.345 e. The summed E-state index contributed by atoms with van der Waals surface area (Å²) in [6.45, 7) is 0. The lowest BCUT2D eigenvalue weighted by atomic mass is 9.99. The second kappa shape index (κ2) is 5.95. The molecule has 1 aliphatic heterocycles. The van der Waals surface area contributed by atoms with E-state index in [0.29, 0.717) is 36.9 Å². The number of aryl methyl sites for hydroxylation is 1. The molecule has 2 aromatic carbocycles. The van der Waals surface area contributed by atoms with Crippen molar-refractivity contribution >= 4 is 17.5 Å². The highest BCUT2D eigenvalue weighted by atomic mass is 19.1. The van der Waals surface area contributed by atoms with Gasteiger partial charge in [0.2, 0.25) is 5.91 Å². The quantitative estimate of drug-likeness (QED) is 0.880. The number of nitrogens with one attached hydrogen (secondary N) is 2. The van der Waals surface area contributed by atoms with Crippen molar-refractivity contribution in [1.82, 2.24) is 5.32 Å². The number of halogens is 2. The zero-order chi connectivity index (χ0) is 17.6. The summed E-state index contributed by atoms with van der Waals surface area (Å²) in [5, 5.41) is 5.41. The molecule has 0 spiro atoms. The standard InChI is InChI=1S/C19H16F2N2O2/c20-14-3-1-2-12-11(14)5-6-16(12)23-19(25)13-8-10-4-7-18(24)22-17(10)9-15(13)21/h1-3,8-9,16H,4-7H2,(H,22,24)(H,23,25)/t16-/m1/s1. The minimum atomic E-state index is -0.684. The van der Waals surface area contributed by atoms with Crippen LogP contribution < -0.4 is 10.6 Å². The lowest BCUT2D eigenvalue weighted by molar-refractivity contribution is -0.116. The van der Waals surface area contributed by atoms with Crippen LogP contribution in [0.2, 0.25) is 0 Å². The normalized spacial score (nSPS) is 18.3. The van der Waals surface area contributed by atoms with Crippen molar-refractivity contribution in [3.8, 4) is 0 Å². The zero-order valence-electron chi connectivity index (χ0n) is 13.4. The van der Waals surface area contributed by atoms with E-state index in [9.17, 15) is 18.4 Å². The molecule has 4 rings (SSSR count). The summed E-state index contributed by atoms with van der Waals surface area (Å²) in [5.41, 5.74) is 2.46. The Hall–Kier alpha value is -2.76. The van der Waals surface area contributed by atoms with Gasteiger partial charge in [-0.3, -0.25) is 9.59 Å². The Balaban J connectivity index is 1.59. The monoisotopic (exact) mass is 342 g/mol. The molecule has 1 atom stereocenters. The van der Waals surface area contributed by atoms with Crippen LogP contribution in [0.5, 0.6) is 0 Å². The molecule has 2 aromatic rings. The molecule has 25 heavy (non-hydrogen) atoms. The zero-order valence-corrected chi connectivity index (χ0v) is 13.4. The molecule has 0 saturated heterocycles. The molecule has 0 aromatic heterocycles. The average molecular weight is 342 g/mol. The summed E-state index contributed by atoms with van der Waals surface area (Å²) in [5.74, 6) is -1.64. The Morgan fingerprint density at radius 1 is 1.12 bits per heavy atom. The molecule has 2 aliphatic rings. The summed E-state index contributed by atoms with van der Waals surface area (Å²) >= 11 is 0. The molecule has 1 aliphatic carbocycles. The number of amides is 2. The molecule has 2 N–H and O–H groups in total. The third-order valence-corrected chi connectivity index (χ3v) is 4.85. The van der Waals surface area contributed by atoms with Crippen LogP contribution in [0.15, 0.2) is 30.3 Å². The highest BCUT2D eigenvalue weighted by Gasteiger charge is 2.28. The van der Waals surface area contributed by atoms with Gasteiger partial charge >= 0.3 is 0 Å². The fourth-order valence-electron chi connectivity index (χ4n) is 3.57. The largest absolute Gasteiger partial charge is 0.345 e. The van der Waals surface area contributed by atoms with Crippen LogP contribution in [0, 0.1) is 11.6 Å². The molecule has 0 unspecified atom stereocenters. The van der Waals surface area contributed by atoms with Crippen LogP contribution in [0.3, 0.4) is 0 Å². The number of carbonyl (C=O) groups excluding carboxylic acids is 2. The van der Waals surface area contributed by atoms with Gasteiger partial charge in [-0.1, -0.05) is 12.1 Å². The van der Waals surface area contributed by atoms with Crippen molar-refractivity contribution in [1.29, 1.82) is 0 Å². The Kier molecular flexibility index (Phi) is 3.75. The van der Waals surface area contributed by atoms with Crippen molar-refractivity contribution in [2.24, 2.45) is 0 Å². The van der Waals surface area contributed by atoms with E-state index in [-0.39, 0.29) is 23.3 Å². The first kappa shape index (κ1) is 15.7.